The SMILES string of the molecule is O=S(=O)(CCC1CCNCC1)NC1CCN2CCCC12. The average molecular weight is 301 g/mol. The summed E-state index contributed by atoms with van der Waals surface area (Å²) in [6.45, 7) is 4.29. The van der Waals surface area contributed by atoms with E-state index in [1.807, 2.05) is 0 Å². The molecule has 0 amide bonds. The largest absolute Gasteiger partial charge is 0.317 e. The van der Waals surface area contributed by atoms with Crippen LogP contribution in [0.1, 0.15) is 38.5 Å². The van der Waals surface area contributed by atoms with Gasteiger partial charge in [-0.1, -0.05) is 0 Å². The normalized spacial score (nSPS) is 32.6. The predicted octanol–water partition coefficient (Wildman–Crippen LogP) is 0.532. The summed E-state index contributed by atoms with van der Waals surface area (Å²) in [5.74, 6) is 0.889. The van der Waals surface area contributed by atoms with Gasteiger partial charge in [0.1, 0.15) is 0 Å². The molecule has 2 unspecified atom stereocenters. The van der Waals surface area contributed by atoms with Gasteiger partial charge < -0.3 is 5.32 Å². The van der Waals surface area contributed by atoms with Gasteiger partial charge in [0.05, 0.1) is 5.75 Å². The van der Waals surface area contributed by atoms with Crippen LogP contribution in [0.4, 0.5) is 0 Å². The Morgan fingerprint density at radius 3 is 2.70 bits per heavy atom. The van der Waals surface area contributed by atoms with Crippen LogP contribution in [0, 0.1) is 5.92 Å². The third kappa shape index (κ3) is 3.53. The van der Waals surface area contributed by atoms with Gasteiger partial charge in [-0.2, -0.15) is 0 Å². The lowest BCUT2D eigenvalue weighted by Gasteiger charge is -2.24. The Hall–Kier alpha value is -0.170. The van der Waals surface area contributed by atoms with Crippen molar-refractivity contribution in [2.24, 2.45) is 5.92 Å². The van der Waals surface area contributed by atoms with Gasteiger partial charge in [0.15, 0.2) is 0 Å². The molecule has 3 heterocycles. The molecule has 5 nitrogen and oxygen atoms in total. The van der Waals surface area contributed by atoms with E-state index in [0.717, 1.165) is 58.3 Å². The van der Waals surface area contributed by atoms with Crippen molar-refractivity contribution >= 4 is 10.0 Å². The highest BCUT2D eigenvalue weighted by Gasteiger charge is 2.38. The fraction of sp³-hybridized carbons (Fsp3) is 1.00. The molecular weight excluding hydrogens is 274 g/mol. The summed E-state index contributed by atoms with van der Waals surface area (Å²) in [6, 6.07) is 0.624. The zero-order valence-electron chi connectivity index (χ0n) is 12.2. The van der Waals surface area contributed by atoms with Crippen molar-refractivity contribution in [2.45, 2.75) is 50.6 Å². The van der Waals surface area contributed by atoms with Crippen molar-refractivity contribution in [1.82, 2.24) is 14.9 Å². The van der Waals surface area contributed by atoms with Crippen molar-refractivity contribution in [3.63, 3.8) is 0 Å². The van der Waals surface area contributed by atoms with Crippen molar-refractivity contribution in [3.8, 4) is 0 Å². The van der Waals surface area contributed by atoms with Crippen LogP contribution in [0.3, 0.4) is 0 Å². The monoisotopic (exact) mass is 301 g/mol. The van der Waals surface area contributed by atoms with Gasteiger partial charge in [0, 0.05) is 18.6 Å². The molecule has 0 spiro atoms. The zero-order chi connectivity index (χ0) is 14.0. The van der Waals surface area contributed by atoms with Crippen molar-refractivity contribution in [3.05, 3.63) is 0 Å². The maximum Gasteiger partial charge on any atom is 0.211 e. The van der Waals surface area contributed by atoms with Gasteiger partial charge >= 0.3 is 0 Å². The van der Waals surface area contributed by atoms with E-state index in [9.17, 15) is 8.42 Å². The molecule has 2 atom stereocenters. The number of hydrogen-bond acceptors (Lipinski definition) is 4. The fourth-order valence-corrected chi connectivity index (χ4v) is 5.50. The molecule has 0 aromatic heterocycles. The molecule has 3 aliphatic heterocycles. The first-order valence-electron chi connectivity index (χ1n) is 8.09. The molecule has 0 bridgehead atoms. The van der Waals surface area contributed by atoms with Crippen LogP contribution in [0.25, 0.3) is 0 Å². The molecular formula is C14H27N3O2S. The summed E-state index contributed by atoms with van der Waals surface area (Å²) in [4.78, 5) is 2.44. The third-order valence-corrected chi connectivity index (χ3v) is 6.63. The molecule has 0 aromatic carbocycles. The summed E-state index contributed by atoms with van der Waals surface area (Å²) in [5, 5.41) is 3.33. The van der Waals surface area contributed by atoms with E-state index >= 15 is 0 Å². The van der Waals surface area contributed by atoms with Crippen LogP contribution in [0.5, 0.6) is 0 Å². The summed E-state index contributed by atoms with van der Waals surface area (Å²) < 4.78 is 27.5. The lowest BCUT2D eigenvalue weighted by Crippen LogP contribution is -2.43. The zero-order valence-corrected chi connectivity index (χ0v) is 13.0. The van der Waals surface area contributed by atoms with E-state index in [1.165, 1.54) is 6.42 Å². The highest BCUT2D eigenvalue weighted by molar-refractivity contribution is 7.89. The topological polar surface area (TPSA) is 61.4 Å². The Morgan fingerprint density at radius 2 is 1.90 bits per heavy atom. The predicted molar refractivity (Wildman–Crippen MR) is 80.1 cm³/mol. The first-order chi connectivity index (χ1) is 9.64. The molecule has 3 aliphatic rings. The highest BCUT2D eigenvalue weighted by atomic mass is 32.2. The van der Waals surface area contributed by atoms with Gasteiger partial charge in [-0.25, -0.2) is 13.1 Å². The number of sulfonamides is 1. The van der Waals surface area contributed by atoms with Crippen LogP contribution in [0.2, 0.25) is 0 Å². The number of piperidine rings is 1. The third-order valence-electron chi connectivity index (χ3n) is 5.19. The Kier molecular flexibility index (Phi) is 4.65. The Morgan fingerprint density at radius 1 is 1.10 bits per heavy atom. The first-order valence-corrected chi connectivity index (χ1v) is 9.74. The standard InChI is InChI=1S/C14H27N3O2S/c18-20(19,11-6-12-3-7-15-8-4-12)16-13-5-10-17-9-1-2-14(13)17/h12-16H,1-11H2. The van der Waals surface area contributed by atoms with Gasteiger partial charge in [-0.05, 0) is 64.1 Å². The number of hydrogen-bond donors (Lipinski definition) is 2. The minimum Gasteiger partial charge on any atom is -0.317 e. The molecule has 3 saturated heterocycles. The van der Waals surface area contributed by atoms with E-state index in [1.54, 1.807) is 0 Å². The van der Waals surface area contributed by atoms with E-state index in [2.05, 4.69) is 14.9 Å². The summed E-state index contributed by atoms with van der Waals surface area (Å²) in [5.41, 5.74) is 0. The van der Waals surface area contributed by atoms with E-state index in [-0.39, 0.29) is 6.04 Å². The molecule has 2 N–H and O–H groups in total. The highest BCUT2D eigenvalue weighted by Crippen LogP contribution is 2.28. The quantitative estimate of drug-likeness (QED) is 0.778. The Labute approximate surface area is 122 Å². The van der Waals surface area contributed by atoms with E-state index in [0.29, 0.717) is 17.7 Å². The molecule has 0 aromatic rings. The Bertz CT molecular complexity index is 420. The molecule has 0 radical (unpaired) electrons. The van der Waals surface area contributed by atoms with Crippen molar-refractivity contribution in [2.75, 3.05) is 31.9 Å². The molecule has 20 heavy (non-hydrogen) atoms. The number of nitrogens with zero attached hydrogens (tertiary/aromatic N) is 1. The number of nitrogens with one attached hydrogen (secondary N) is 2. The van der Waals surface area contributed by atoms with Crippen molar-refractivity contribution < 1.29 is 8.42 Å². The van der Waals surface area contributed by atoms with Gasteiger partial charge in [-0.15, -0.1) is 0 Å². The second-order valence-electron chi connectivity index (χ2n) is 6.56. The van der Waals surface area contributed by atoms with Crippen LogP contribution < -0.4 is 10.0 Å². The first kappa shape index (κ1) is 14.8. The summed E-state index contributed by atoms with van der Waals surface area (Å²) in [7, 11) is -3.10. The molecule has 3 fully saturated rings. The molecule has 0 saturated carbocycles. The van der Waals surface area contributed by atoms with Gasteiger partial charge in [0.2, 0.25) is 10.0 Å². The average Bonchev–Trinajstić information content (AvgIpc) is 3.03. The molecule has 116 valence electrons. The fourth-order valence-electron chi connectivity index (χ4n) is 4.00. The van der Waals surface area contributed by atoms with E-state index in [4.69, 9.17) is 0 Å². The van der Waals surface area contributed by atoms with Gasteiger partial charge in [0.25, 0.3) is 0 Å². The summed E-state index contributed by atoms with van der Waals surface area (Å²) >= 11 is 0. The molecule has 3 rings (SSSR count). The van der Waals surface area contributed by atoms with E-state index < -0.39 is 10.0 Å². The van der Waals surface area contributed by atoms with Crippen LogP contribution in [-0.2, 0) is 10.0 Å². The Balaban J connectivity index is 1.48. The van der Waals surface area contributed by atoms with Crippen LogP contribution in [0.15, 0.2) is 0 Å². The lowest BCUT2D eigenvalue weighted by molar-refractivity contribution is 0.308. The molecule has 6 heteroatoms. The van der Waals surface area contributed by atoms with Crippen molar-refractivity contribution in [1.29, 1.82) is 0 Å². The minimum absolute atomic E-state index is 0.163. The van der Waals surface area contributed by atoms with Crippen LogP contribution >= 0.6 is 0 Å². The number of rotatable bonds is 5. The number of fused-ring (bicyclic) bond motifs is 1. The lowest BCUT2D eigenvalue weighted by atomic mass is 9.96. The second kappa shape index (κ2) is 6.30. The second-order valence-corrected chi connectivity index (χ2v) is 8.43. The summed E-state index contributed by atoms with van der Waals surface area (Å²) in [6.07, 6.45) is 6.42. The maximum atomic E-state index is 12.3. The van der Waals surface area contributed by atoms with Crippen LogP contribution in [-0.4, -0.2) is 57.3 Å². The maximum absolute atomic E-state index is 12.3. The smallest absolute Gasteiger partial charge is 0.211 e. The van der Waals surface area contributed by atoms with Gasteiger partial charge in [-0.3, -0.25) is 4.90 Å². The molecule has 0 aliphatic carbocycles. The minimum atomic E-state index is -3.10.